The molecule has 1 saturated heterocycles. The lowest BCUT2D eigenvalue weighted by Crippen LogP contribution is -2.46. The summed E-state index contributed by atoms with van der Waals surface area (Å²) in [5, 5.41) is 0. The molecule has 2 atom stereocenters. The third-order valence-electron chi connectivity index (χ3n) is 4.92. The van der Waals surface area contributed by atoms with Crippen molar-refractivity contribution in [1.82, 2.24) is 0 Å². The Balaban J connectivity index is 2.09. The molecule has 1 aliphatic heterocycles. The van der Waals surface area contributed by atoms with Gasteiger partial charge in [0.25, 0.3) is 0 Å². The maximum atomic E-state index is 6.23. The fraction of sp³-hybridized carbons (Fsp3) is 0.700. The van der Waals surface area contributed by atoms with Crippen molar-refractivity contribution in [2.45, 2.75) is 72.0 Å². The van der Waals surface area contributed by atoms with E-state index < -0.39 is 0 Å². The first-order chi connectivity index (χ1) is 10.3. The molecule has 2 heteroatoms. The van der Waals surface area contributed by atoms with Gasteiger partial charge in [-0.2, -0.15) is 0 Å². The van der Waals surface area contributed by atoms with Gasteiger partial charge in [0.1, 0.15) is 0 Å². The molecule has 2 nitrogen and oxygen atoms in total. The van der Waals surface area contributed by atoms with E-state index in [0.29, 0.717) is 12.5 Å². The lowest BCUT2D eigenvalue weighted by atomic mass is 9.69. The third kappa shape index (κ3) is 4.33. The molecule has 0 aromatic heterocycles. The molecule has 1 saturated carbocycles. The second kappa shape index (κ2) is 6.72. The van der Waals surface area contributed by atoms with Crippen LogP contribution < -0.4 is 0 Å². The smallest absolute Gasteiger partial charge is 0.0977 e. The summed E-state index contributed by atoms with van der Waals surface area (Å²) in [6, 6.07) is 0. The van der Waals surface area contributed by atoms with Gasteiger partial charge in [-0.1, -0.05) is 34.9 Å². The van der Waals surface area contributed by atoms with Crippen LogP contribution in [0.3, 0.4) is 0 Å². The Morgan fingerprint density at radius 3 is 2.50 bits per heavy atom. The lowest BCUT2D eigenvalue weighted by molar-refractivity contribution is -0.0782. The molecular weight excluding hydrogens is 272 g/mol. The topological polar surface area (TPSA) is 21.8 Å². The van der Waals surface area contributed by atoms with Crippen LogP contribution in [0.1, 0.15) is 60.8 Å². The van der Waals surface area contributed by atoms with Crippen LogP contribution in [0.5, 0.6) is 0 Å². The van der Waals surface area contributed by atoms with E-state index in [-0.39, 0.29) is 11.2 Å². The normalized spacial score (nSPS) is 29.5. The summed E-state index contributed by atoms with van der Waals surface area (Å²) >= 11 is 0. The third-order valence-corrected chi connectivity index (χ3v) is 4.92. The molecule has 0 N–H and O–H groups in total. The first-order valence-electron chi connectivity index (χ1n) is 8.49. The minimum absolute atomic E-state index is 0.0801. The molecule has 1 heterocycles. The second-order valence-electron chi connectivity index (χ2n) is 7.88. The van der Waals surface area contributed by atoms with E-state index in [2.05, 4.69) is 59.8 Å². The summed E-state index contributed by atoms with van der Waals surface area (Å²) in [6.45, 7) is 14.6. The van der Waals surface area contributed by atoms with E-state index >= 15 is 0 Å². The fourth-order valence-electron chi connectivity index (χ4n) is 3.37. The number of rotatable bonds is 5. The summed E-state index contributed by atoms with van der Waals surface area (Å²) in [4.78, 5) is 0. The van der Waals surface area contributed by atoms with E-state index in [4.69, 9.17) is 9.47 Å². The van der Waals surface area contributed by atoms with Crippen LogP contribution in [0.4, 0.5) is 0 Å². The van der Waals surface area contributed by atoms with Crippen LogP contribution in [0.25, 0.3) is 0 Å². The van der Waals surface area contributed by atoms with Gasteiger partial charge in [-0.15, -0.1) is 0 Å². The zero-order chi connectivity index (χ0) is 16.4. The molecule has 2 unspecified atom stereocenters. The predicted octanol–water partition coefficient (Wildman–Crippen LogP) is 5.21. The summed E-state index contributed by atoms with van der Waals surface area (Å²) < 4.78 is 12.1. The molecule has 0 bridgehead atoms. The average molecular weight is 304 g/mol. The summed E-state index contributed by atoms with van der Waals surface area (Å²) in [6.07, 6.45) is 10.1. The standard InChI is InChI=1S/C20H32O2/c1-15(2)7-8-17-9-11-20(14-22-20)18(13-17)19(5,6)21-12-10-16(3)4/h7-8,10,18H,9,11-14H2,1-6H3/b17-8-. The SMILES string of the molecule is CC(C)=C/C=C1/CCC2(CO2)C(C(C)(C)OCC=C(C)C)C1. The minimum Gasteiger partial charge on any atom is -0.371 e. The van der Waals surface area contributed by atoms with Crippen molar-refractivity contribution in [1.29, 1.82) is 0 Å². The molecular formula is C20H32O2. The Morgan fingerprint density at radius 2 is 1.95 bits per heavy atom. The quantitative estimate of drug-likeness (QED) is 0.514. The van der Waals surface area contributed by atoms with Gasteiger partial charge in [-0.25, -0.2) is 0 Å². The summed E-state index contributed by atoms with van der Waals surface area (Å²) in [7, 11) is 0. The molecule has 0 aromatic carbocycles. The maximum absolute atomic E-state index is 6.23. The van der Waals surface area contributed by atoms with Gasteiger partial charge >= 0.3 is 0 Å². The maximum Gasteiger partial charge on any atom is 0.0977 e. The molecule has 2 rings (SSSR count). The highest BCUT2D eigenvalue weighted by molar-refractivity contribution is 5.23. The molecule has 1 aliphatic carbocycles. The van der Waals surface area contributed by atoms with Crippen molar-refractivity contribution in [2.24, 2.45) is 5.92 Å². The van der Waals surface area contributed by atoms with Crippen molar-refractivity contribution >= 4 is 0 Å². The Bertz CT molecular complexity index is 482. The molecule has 0 amide bonds. The van der Waals surface area contributed by atoms with E-state index in [9.17, 15) is 0 Å². The highest BCUT2D eigenvalue weighted by Gasteiger charge is 2.58. The number of ether oxygens (including phenoxy) is 2. The van der Waals surface area contributed by atoms with Crippen molar-refractivity contribution < 1.29 is 9.47 Å². The van der Waals surface area contributed by atoms with Gasteiger partial charge in [0, 0.05) is 5.92 Å². The van der Waals surface area contributed by atoms with Gasteiger partial charge in [0.2, 0.25) is 0 Å². The van der Waals surface area contributed by atoms with Crippen molar-refractivity contribution in [2.75, 3.05) is 13.2 Å². The molecule has 2 aliphatic rings. The average Bonchev–Trinajstić information content (AvgIpc) is 3.17. The monoisotopic (exact) mass is 304 g/mol. The lowest BCUT2D eigenvalue weighted by Gasteiger charge is -2.41. The Hall–Kier alpha value is -0.860. The van der Waals surface area contributed by atoms with E-state index in [1.165, 1.54) is 16.7 Å². The van der Waals surface area contributed by atoms with Crippen molar-refractivity contribution in [3.63, 3.8) is 0 Å². The molecule has 2 fully saturated rings. The van der Waals surface area contributed by atoms with Crippen molar-refractivity contribution in [3.05, 3.63) is 34.9 Å². The van der Waals surface area contributed by atoms with E-state index in [1.54, 1.807) is 0 Å². The molecule has 1 spiro atoms. The zero-order valence-electron chi connectivity index (χ0n) is 15.2. The molecule has 0 radical (unpaired) electrons. The molecule has 22 heavy (non-hydrogen) atoms. The van der Waals surface area contributed by atoms with Crippen LogP contribution in [-0.4, -0.2) is 24.4 Å². The first kappa shape index (κ1) is 17.5. The molecule has 0 aromatic rings. The predicted molar refractivity (Wildman–Crippen MR) is 93.0 cm³/mol. The number of allylic oxidation sites excluding steroid dienone is 5. The van der Waals surface area contributed by atoms with Crippen LogP contribution in [0, 0.1) is 5.92 Å². The van der Waals surface area contributed by atoms with Crippen LogP contribution in [0.2, 0.25) is 0 Å². The highest BCUT2D eigenvalue weighted by atomic mass is 16.6. The van der Waals surface area contributed by atoms with Gasteiger partial charge in [-0.3, -0.25) is 0 Å². The zero-order valence-corrected chi connectivity index (χ0v) is 15.2. The van der Waals surface area contributed by atoms with E-state index in [1.807, 2.05) is 0 Å². The van der Waals surface area contributed by atoms with Gasteiger partial charge in [-0.05, 0) is 60.8 Å². The van der Waals surface area contributed by atoms with E-state index in [0.717, 1.165) is 25.9 Å². The molecule has 124 valence electrons. The highest BCUT2D eigenvalue weighted by Crippen LogP contribution is 2.52. The summed E-state index contributed by atoms with van der Waals surface area (Å²) in [5.41, 5.74) is 4.11. The number of hydrogen-bond donors (Lipinski definition) is 0. The van der Waals surface area contributed by atoms with Crippen LogP contribution in [-0.2, 0) is 9.47 Å². The number of hydrogen-bond acceptors (Lipinski definition) is 2. The van der Waals surface area contributed by atoms with Gasteiger partial charge in [0.15, 0.2) is 0 Å². The van der Waals surface area contributed by atoms with Crippen LogP contribution >= 0.6 is 0 Å². The largest absolute Gasteiger partial charge is 0.371 e. The summed E-state index contributed by atoms with van der Waals surface area (Å²) in [5.74, 6) is 0.441. The Kier molecular flexibility index (Phi) is 5.34. The fourth-order valence-corrected chi connectivity index (χ4v) is 3.37. The Morgan fingerprint density at radius 1 is 1.27 bits per heavy atom. The van der Waals surface area contributed by atoms with Crippen LogP contribution in [0.15, 0.2) is 34.9 Å². The van der Waals surface area contributed by atoms with Crippen molar-refractivity contribution in [3.8, 4) is 0 Å². The van der Waals surface area contributed by atoms with Gasteiger partial charge < -0.3 is 9.47 Å². The Labute approximate surface area is 136 Å². The number of epoxide rings is 1. The second-order valence-corrected chi connectivity index (χ2v) is 7.88. The minimum atomic E-state index is -0.160. The van der Waals surface area contributed by atoms with Gasteiger partial charge in [0.05, 0.1) is 24.4 Å². The first-order valence-corrected chi connectivity index (χ1v) is 8.49.